The fourth-order valence-electron chi connectivity index (χ4n) is 11.0. The lowest BCUT2D eigenvalue weighted by Crippen LogP contribution is -2.61. The Kier molecular flexibility index (Phi) is 23.7. The number of methoxy groups -OCH3 is 2. The van der Waals surface area contributed by atoms with Crippen molar-refractivity contribution in [2.75, 3.05) is 28.3 Å². The maximum atomic E-state index is 14.2. The van der Waals surface area contributed by atoms with Gasteiger partial charge in [-0.2, -0.15) is 0 Å². The van der Waals surface area contributed by atoms with Gasteiger partial charge in [-0.1, -0.05) is 86.2 Å². The number of aliphatic hydroxyl groups is 4. The molecular weight excluding hydrogens is 1080 g/mol. The average molecular weight is 1160 g/mol. The van der Waals surface area contributed by atoms with Crippen LogP contribution in [0.1, 0.15) is 112 Å². The molecule has 77 heavy (non-hydrogen) atoms. The van der Waals surface area contributed by atoms with Crippen molar-refractivity contribution in [1.82, 2.24) is 14.5 Å². The first-order valence-electron chi connectivity index (χ1n) is 26.4. The molecule has 2 aromatic carbocycles. The summed E-state index contributed by atoms with van der Waals surface area (Å²) in [6.45, 7) is 17.9. The van der Waals surface area contributed by atoms with Gasteiger partial charge in [-0.25, -0.2) is 4.98 Å². The van der Waals surface area contributed by atoms with Crippen molar-refractivity contribution < 1.29 is 67.9 Å². The Hall–Kier alpha value is -2.53. The molecule has 0 aliphatic carbocycles. The van der Waals surface area contributed by atoms with Gasteiger partial charge >= 0.3 is 5.97 Å². The van der Waals surface area contributed by atoms with E-state index in [1.54, 1.807) is 85.3 Å². The van der Waals surface area contributed by atoms with Crippen LogP contribution in [0.3, 0.4) is 0 Å². The van der Waals surface area contributed by atoms with Crippen LogP contribution in [0, 0.1) is 23.7 Å². The fourth-order valence-corrected chi connectivity index (χ4v) is 12.0. The number of ketones is 1. The Bertz CT molecular complexity index is 2370. The van der Waals surface area contributed by atoms with Crippen molar-refractivity contribution in [2.45, 2.75) is 198 Å². The Morgan fingerprint density at radius 1 is 0.844 bits per heavy atom. The maximum Gasteiger partial charge on any atom is 0.311 e. The molecule has 1 aromatic heterocycles. The summed E-state index contributed by atoms with van der Waals surface area (Å²) in [7, 11) is 6.77. The Morgan fingerprint density at radius 3 is 2.05 bits per heavy atom. The van der Waals surface area contributed by atoms with Gasteiger partial charge in [0.2, 0.25) is 0 Å². The number of rotatable bonds is 14. The lowest BCUT2D eigenvalue weighted by molar-refractivity contribution is -0.319. The number of carbonyl (C=O) groups is 2. The predicted molar refractivity (Wildman–Crippen MR) is 294 cm³/mol. The zero-order valence-corrected chi connectivity index (χ0v) is 49.9. The summed E-state index contributed by atoms with van der Waals surface area (Å²) in [5.74, 6) is -4.47. The van der Waals surface area contributed by atoms with Crippen LogP contribution in [0.15, 0.2) is 55.1 Å². The first-order valence-corrected chi connectivity index (χ1v) is 27.9. The molecule has 3 aromatic rings. The average Bonchev–Trinajstić information content (AvgIpc) is 3.90. The molecule has 0 spiro atoms. The van der Waals surface area contributed by atoms with Crippen molar-refractivity contribution in [3.8, 4) is 0 Å². The molecule has 0 saturated carbocycles. The first-order chi connectivity index (χ1) is 36.0. The molecule has 0 amide bonds. The van der Waals surface area contributed by atoms with E-state index in [9.17, 15) is 30.0 Å². The van der Waals surface area contributed by atoms with Gasteiger partial charge in [0, 0.05) is 82.5 Å². The third-order valence-electron chi connectivity index (χ3n) is 16.0. The molecular formula is C56H83Cl4N3O14. The molecule has 3 fully saturated rings. The molecule has 434 valence electrons. The third-order valence-corrected chi connectivity index (χ3v) is 17.1. The van der Waals surface area contributed by atoms with Crippen LogP contribution in [-0.2, 0) is 60.6 Å². The molecule has 4 heterocycles. The van der Waals surface area contributed by atoms with Crippen molar-refractivity contribution in [1.29, 1.82) is 0 Å². The molecule has 2 unspecified atom stereocenters. The van der Waals surface area contributed by atoms with E-state index in [4.69, 9.17) is 84.3 Å². The SMILES string of the molecule is CC[C@H]1OC(=O)[C@H](C)[C@@H](O[C@H]2C[C@@](C)(OC)[C@@H](O)[C@H](C)O2)C(C)[C@@H](O[C@@H]2O[C@H](C)C[C@H](N(C)C)[C@H]2O)[C@](C)(OC)C[C@@H](C)C(=O)[C@H](C)[C@@H](O)[C@]1(C)O.Clc1ccc(COC(Cn2ccnc2)c2ccc(Cl)cc2Cl)c(Cl)c1. The largest absolute Gasteiger partial charge is 0.459 e. The minimum atomic E-state index is -1.96. The number of likely N-dealkylation sites (N-methyl/N-ethyl adjacent to an activating group) is 1. The molecule has 4 N–H and O–H groups in total. The van der Waals surface area contributed by atoms with Crippen molar-refractivity contribution >= 4 is 58.2 Å². The number of nitrogens with zero attached hydrogens (tertiary/aromatic N) is 3. The monoisotopic (exact) mass is 1160 g/mol. The minimum absolute atomic E-state index is 0.111. The topological polar surface area (TPSA) is 210 Å². The van der Waals surface area contributed by atoms with Crippen molar-refractivity contribution in [2.24, 2.45) is 23.7 Å². The van der Waals surface area contributed by atoms with E-state index in [0.717, 1.165) is 11.1 Å². The summed E-state index contributed by atoms with van der Waals surface area (Å²) >= 11 is 24.5. The highest BCUT2D eigenvalue weighted by atomic mass is 35.5. The second-order valence-electron chi connectivity index (χ2n) is 22.1. The number of aliphatic hydroxyl groups excluding tert-OH is 3. The lowest BCUT2D eigenvalue weighted by atomic mass is 9.74. The number of esters is 1. The number of hydrogen-bond acceptors (Lipinski definition) is 16. The Morgan fingerprint density at radius 2 is 1.48 bits per heavy atom. The second-order valence-corrected chi connectivity index (χ2v) is 23.8. The van der Waals surface area contributed by atoms with Crippen LogP contribution in [0.4, 0.5) is 0 Å². The smallest absolute Gasteiger partial charge is 0.311 e. The molecule has 21 heteroatoms. The number of aromatic nitrogens is 2. The van der Waals surface area contributed by atoms with Gasteiger partial charge in [0.05, 0.1) is 67.1 Å². The highest BCUT2D eigenvalue weighted by molar-refractivity contribution is 6.35. The number of halogens is 4. The van der Waals surface area contributed by atoms with Crippen LogP contribution < -0.4 is 0 Å². The predicted octanol–water partition coefficient (Wildman–Crippen LogP) is 8.89. The molecule has 3 aliphatic heterocycles. The molecule has 6 rings (SSSR count). The van der Waals surface area contributed by atoms with E-state index < -0.39 is 102 Å². The van der Waals surface area contributed by atoms with Gasteiger partial charge < -0.3 is 67.8 Å². The van der Waals surface area contributed by atoms with Crippen LogP contribution >= 0.6 is 46.4 Å². The van der Waals surface area contributed by atoms with Crippen LogP contribution in [0.5, 0.6) is 0 Å². The standard InChI is InChI=1S/C38H69NO13.C18H14Cl4N2O/c1-15-26-38(10,45)31(42)21(4)28(40)19(2)17-37(9,47-14)33(52-35-29(41)25(39(11)12)16-20(3)48-35)22(5)30(23(6)34(44)50-26)51-27-18-36(8,46-13)32(43)24(7)49-27;19-13-2-1-12(16(21)7-13)10-25-18(9-24-6-5-23-11-24)15-4-3-14(20)8-17(15)22/h19-27,29-33,35,41-43,45H,15-18H2,1-14H3;1-8,11,18H,9-10H2/t19-,20-,21+,22?,23-,24+,25+,26-,27+,29-,30+,31-,32+,33-,35+,36-,37-,38-;/m1./s1. The second kappa shape index (κ2) is 28.0. The highest BCUT2D eigenvalue weighted by Crippen LogP contribution is 2.42. The zero-order valence-electron chi connectivity index (χ0n) is 46.9. The van der Waals surface area contributed by atoms with E-state index in [0.29, 0.717) is 39.7 Å². The normalized spacial score (nSPS) is 37.1. The van der Waals surface area contributed by atoms with E-state index >= 15 is 0 Å². The maximum absolute atomic E-state index is 14.2. The van der Waals surface area contributed by atoms with Crippen molar-refractivity contribution in [3.05, 3.63) is 86.3 Å². The molecule has 3 saturated heterocycles. The summed E-state index contributed by atoms with van der Waals surface area (Å²) in [6, 6.07) is 10.4. The van der Waals surface area contributed by atoms with E-state index in [-0.39, 0.29) is 43.3 Å². The number of Topliss-reactive ketones (excluding diaryl/α,β-unsaturated/α-hetero) is 1. The molecule has 3 aliphatic rings. The summed E-state index contributed by atoms with van der Waals surface area (Å²) in [5, 5.41) is 47.8. The van der Waals surface area contributed by atoms with Gasteiger partial charge in [-0.15, -0.1) is 0 Å². The molecule has 0 bridgehead atoms. The zero-order chi connectivity index (χ0) is 57.5. The number of cyclic esters (lactones) is 1. The Balaban J connectivity index is 0.000000362. The van der Waals surface area contributed by atoms with Gasteiger partial charge in [-0.3, -0.25) is 9.59 Å². The molecule has 17 nitrogen and oxygen atoms in total. The summed E-state index contributed by atoms with van der Waals surface area (Å²) < 4.78 is 51.9. The van der Waals surface area contributed by atoms with Gasteiger partial charge in [0.15, 0.2) is 12.6 Å². The van der Waals surface area contributed by atoms with Gasteiger partial charge in [0.25, 0.3) is 0 Å². The Labute approximate surface area is 475 Å². The summed E-state index contributed by atoms with van der Waals surface area (Å²) in [5.41, 5.74) is -2.54. The third kappa shape index (κ3) is 15.9. The number of benzene rings is 2. The lowest BCUT2D eigenvalue weighted by Gasteiger charge is -2.50. The van der Waals surface area contributed by atoms with E-state index in [1.807, 2.05) is 55.7 Å². The van der Waals surface area contributed by atoms with E-state index in [2.05, 4.69) is 4.98 Å². The first kappa shape index (κ1) is 65.3. The number of ether oxygens (including phenoxy) is 8. The number of carbonyl (C=O) groups excluding carboxylic acids is 2. The highest BCUT2D eigenvalue weighted by Gasteiger charge is 2.54. The van der Waals surface area contributed by atoms with E-state index in [1.165, 1.54) is 21.1 Å². The summed E-state index contributed by atoms with van der Waals surface area (Å²) in [6.07, 6.45) is -3.70. The van der Waals surface area contributed by atoms with Gasteiger partial charge in [-0.05, 0) is 105 Å². The van der Waals surface area contributed by atoms with Crippen LogP contribution in [0.2, 0.25) is 20.1 Å². The van der Waals surface area contributed by atoms with Crippen molar-refractivity contribution in [3.63, 3.8) is 0 Å². The summed E-state index contributed by atoms with van der Waals surface area (Å²) in [4.78, 5) is 34.1. The number of imidazole rings is 1. The molecule has 19 atom stereocenters. The minimum Gasteiger partial charge on any atom is -0.459 e. The van der Waals surface area contributed by atoms with Gasteiger partial charge in [0.1, 0.15) is 35.8 Å². The van der Waals surface area contributed by atoms with Crippen LogP contribution in [-0.4, -0.2) is 159 Å². The number of hydrogen-bond donors (Lipinski definition) is 4. The quantitative estimate of drug-likeness (QED) is 0.111. The van der Waals surface area contributed by atoms with Crippen LogP contribution in [0.25, 0.3) is 0 Å². The fraction of sp³-hybridized carbons (Fsp3) is 0.696. The molecule has 0 radical (unpaired) electrons.